The van der Waals surface area contributed by atoms with Crippen LogP contribution in [0.4, 0.5) is 3.52 Å². The van der Waals surface area contributed by atoms with E-state index in [1.54, 1.807) is 0 Å². The van der Waals surface area contributed by atoms with Crippen molar-refractivity contribution in [2.75, 3.05) is 72.0 Å². The minimum Gasteiger partial charge on any atom is -0.558 e. The summed E-state index contributed by atoms with van der Waals surface area (Å²) in [5.74, 6) is -2.46. The maximum Gasteiger partial charge on any atom is 1.15 e. The summed E-state index contributed by atoms with van der Waals surface area (Å²) in [7, 11) is 0. The fraction of sp³-hybridized carbons (Fsp3) is 0.667. The van der Waals surface area contributed by atoms with Crippen molar-refractivity contribution in [2.45, 2.75) is 19.3 Å². The smallest absolute Gasteiger partial charge is 0.558 e. The average molecular weight is 510 g/mol. The van der Waals surface area contributed by atoms with E-state index in [1.807, 2.05) is 9.80 Å². The molecule has 3 aliphatic rings. The molecule has 0 aliphatic carbocycles. The average Bonchev–Trinajstić information content (AvgIpc) is 3.14. The minimum absolute atomic E-state index is 0.0522. The highest BCUT2D eigenvalue weighted by atomic mass is 27.3. The Kier molecular flexibility index (Phi) is 10.6. The Labute approximate surface area is 208 Å². The van der Waals surface area contributed by atoms with E-state index in [-0.39, 0.29) is 32.0 Å². The Bertz CT molecular complexity index is 795. The second kappa shape index (κ2) is 13.6. The number of imide groups is 1. The van der Waals surface area contributed by atoms with Crippen molar-refractivity contribution in [1.29, 1.82) is 0 Å². The van der Waals surface area contributed by atoms with Crippen LogP contribution in [0, 0.1) is 0 Å². The number of carbonyl (C=O) groups is 5. The lowest BCUT2D eigenvalue weighted by Crippen LogP contribution is -2.40. The Balaban J connectivity index is 1.38. The molecule has 3 aliphatic heterocycles. The van der Waals surface area contributed by atoms with Crippen LogP contribution >= 0.6 is 0 Å². The quantitative estimate of drug-likeness (QED) is 0.226. The van der Waals surface area contributed by atoms with Crippen molar-refractivity contribution in [2.24, 2.45) is 0 Å². The molecule has 2 saturated heterocycles. The first-order chi connectivity index (χ1) is 16.8. The molecule has 12 nitrogen and oxygen atoms in total. The Hall–Kier alpha value is -2.37. The minimum atomic E-state index is -3.81. The van der Waals surface area contributed by atoms with Gasteiger partial charge >= 0.3 is 15.3 Å². The summed E-state index contributed by atoms with van der Waals surface area (Å²) in [5.41, 5.74) is 0. The third kappa shape index (κ3) is 9.31. The lowest BCUT2D eigenvalue weighted by atomic mass is 10.2. The fourth-order valence-electron chi connectivity index (χ4n) is 4.04. The molecule has 1 N–H and O–H groups in total. The van der Waals surface area contributed by atoms with Gasteiger partial charge in [-0.25, -0.2) is 0 Å². The molecule has 0 saturated carbocycles. The number of fused-ring (bicyclic) bond motifs is 3. The second-order valence-electron chi connectivity index (χ2n) is 8.62. The van der Waals surface area contributed by atoms with Crippen LogP contribution in [0.15, 0.2) is 12.2 Å². The van der Waals surface area contributed by atoms with Crippen molar-refractivity contribution < 1.29 is 35.1 Å². The summed E-state index contributed by atoms with van der Waals surface area (Å²) in [6.45, 7) is 4.97. The van der Waals surface area contributed by atoms with Gasteiger partial charge in [0.25, 0.3) is 23.8 Å². The van der Waals surface area contributed by atoms with Gasteiger partial charge in [0.1, 0.15) is 0 Å². The maximum atomic E-state index is 13.7. The highest BCUT2D eigenvalue weighted by molar-refractivity contribution is 6.41. The van der Waals surface area contributed by atoms with E-state index < -0.39 is 39.0 Å². The zero-order valence-corrected chi connectivity index (χ0v) is 20.8. The molecular weight excluding hydrogens is 479 g/mol. The van der Waals surface area contributed by atoms with Crippen LogP contribution in [0.3, 0.4) is 0 Å². The number of hydrogen-bond donors (Lipinski definition) is 1. The van der Waals surface area contributed by atoms with Crippen LogP contribution in [0.5, 0.6) is 0 Å². The van der Waals surface area contributed by atoms with Gasteiger partial charge < -0.3 is 21.3 Å². The van der Waals surface area contributed by atoms with Crippen molar-refractivity contribution in [3.63, 3.8) is 0 Å². The SMILES string of the molecule is O=C(CCN1C(=O)C=CC1=O)NCCCCN1CCN2CCN(CC1)CC(=O)[O][Al]([18F])[O]C(=O)C2. The number of unbranched alkanes of at least 4 members (excludes halogenated alkanes) is 1. The van der Waals surface area contributed by atoms with Crippen molar-refractivity contribution in [1.82, 2.24) is 24.9 Å². The molecule has 3 heterocycles. The Morgan fingerprint density at radius 1 is 0.857 bits per heavy atom. The number of rotatable bonds is 8. The van der Waals surface area contributed by atoms with Gasteiger partial charge in [-0.05, 0) is 19.4 Å². The van der Waals surface area contributed by atoms with E-state index in [0.717, 1.165) is 24.3 Å². The van der Waals surface area contributed by atoms with Gasteiger partial charge in [0.05, 0.1) is 13.1 Å². The number of nitrogens with zero attached hydrogens (tertiary/aromatic N) is 4. The summed E-state index contributed by atoms with van der Waals surface area (Å²) in [6, 6.07) is 0. The van der Waals surface area contributed by atoms with Gasteiger partial charge in [-0.15, -0.1) is 0 Å². The maximum absolute atomic E-state index is 13.7. The summed E-state index contributed by atoms with van der Waals surface area (Å²) in [4.78, 5) is 66.0. The third-order valence-corrected chi connectivity index (χ3v) is 6.93. The van der Waals surface area contributed by atoms with Crippen LogP contribution in [0.25, 0.3) is 0 Å². The number of nitrogens with one attached hydrogen (secondary N) is 1. The molecular formula is C21H31AlFN5O7. The zero-order valence-electron chi connectivity index (χ0n) is 19.7. The van der Waals surface area contributed by atoms with Gasteiger partial charge in [0.15, 0.2) is 0 Å². The standard InChI is InChI=1S/C21H33N5O7.Al.FH/c27-17(5-8-26-18(28)3-4-19(26)29)22-6-1-2-7-23-9-11-24(15-20(30)31)13-14-25(12-10-23)16-21(32)33;;/h3-4H,1-2,5-16H2,(H,22,27)(H,30,31)(H,32,33);;1H/q;+3;/p-3/i;;1-1. The van der Waals surface area contributed by atoms with E-state index in [2.05, 4.69) is 17.8 Å². The third-order valence-electron chi connectivity index (χ3n) is 6.04. The first-order valence-corrected chi connectivity index (χ1v) is 13.2. The van der Waals surface area contributed by atoms with Gasteiger partial charge in [-0.3, -0.25) is 38.7 Å². The molecule has 192 valence electrons. The van der Waals surface area contributed by atoms with E-state index in [1.165, 1.54) is 12.2 Å². The van der Waals surface area contributed by atoms with Gasteiger partial charge in [-0.1, -0.05) is 0 Å². The molecule has 3 rings (SSSR count). The topological polar surface area (TPSA) is 129 Å². The lowest BCUT2D eigenvalue weighted by molar-refractivity contribution is -0.143. The normalized spacial score (nSPS) is 24.4. The molecule has 0 radical (unpaired) electrons. The van der Waals surface area contributed by atoms with Crippen LogP contribution in [-0.4, -0.2) is 137 Å². The largest absolute Gasteiger partial charge is 1.15 e. The fourth-order valence-corrected chi connectivity index (χ4v) is 4.65. The lowest BCUT2D eigenvalue weighted by Gasteiger charge is -2.26. The second-order valence-corrected chi connectivity index (χ2v) is 9.64. The van der Waals surface area contributed by atoms with Crippen molar-refractivity contribution >= 4 is 44.9 Å². The molecule has 3 amide bonds. The molecule has 2 unspecified atom stereocenters. The molecule has 0 aromatic heterocycles. The Morgan fingerprint density at radius 2 is 1.40 bits per heavy atom. The van der Waals surface area contributed by atoms with Gasteiger partial charge in [0.2, 0.25) is 5.91 Å². The van der Waals surface area contributed by atoms with Crippen LogP contribution in [0.2, 0.25) is 0 Å². The molecule has 35 heavy (non-hydrogen) atoms. The van der Waals surface area contributed by atoms with Gasteiger partial charge in [0, 0.05) is 70.9 Å². The van der Waals surface area contributed by atoms with E-state index in [9.17, 15) is 27.5 Å². The first kappa shape index (κ1) is 27.2. The van der Waals surface area contributed by atoms with Crippen LogP contribution in [0.1, 0.15) is 19.3 Å². The summed E-state index contributed by atoms with van der Waals surface area (Å²) in [6.07, 6.45) is 4.03. The van der Waals surface area contributed by atoms with E-state index in [4.69, 9.17) is 0 Å². The molecule has 0 aromatic carbocycles. The van der Waals surface area contributed by atoms with Crippen LogP contribution < -0.4 is 5.32 Å². The number of carbonyl (C=O) groups excluding carboxylic acids is 5. The molecule has 14 heteroatoms. The van der Waals surface area contributed by atoms with Crippen LogP contribution in [-0.2, 0) is 31.5 Å². The molecule has 2 bridgehead atoms. The zero-order chi connectivity index (χ0) is 25.2. The molecule has 2 atom stereocenters. The number of hydrogen-bond acceptors (Lipinski definition) is 10. The molecule has 0 aromatic rings. The monoisotopic (exact) mass is 510 g/mol. The predicted octanol–water partition coefficient (Wildman–Crippen LogP) is -1.83. The highest BCUT2D eigenvalue weighted by Crippen LogP contribution is 2.07. The molecule has 2 fully saturated rings. The number of amides is 3. The predicted molar refractivity (Wildman–Crippen MR) is 121 cm³/mol. The van der Waals surface area contributed by atoms with Crippen molar-refractivity contribution in [3.8, 4) is 0 Å². The van der Waals surface area contributed by atoms with E-state index in [0.29, 0.717) is 45.8 Å². The first-order valence-electron chi connectivity index (χ1n) is 11.8. The van der Waals surface area contributed by atoms with E-state index >= 15 is 0 Å². The molecule has 0 spiro atoms. The number of halogens is 1. The summed E-state index contributed by atoms with van der Waals surface area (Å²) < 4.78 is 23.0. The highest BCUT2D eigenvalue weighted by Gasteiger charge is 2.42. The summed E-state index contributed by atoms with van der Waals surface area (Å²) in [5, 5.41) is 2.81. The van der Waals surface area contributed by atoms with Crippen molar-refractivity contribution in [3.05, 3.63) is 12.2 Å². The Morgan fingerprint density at radius 3 is 1.97 bits per heavy atom. The summed E-state index contributed by atoms with van der Waals surface area (Å²) >= 11 is -3.81. The van der Waals surface area contributed by atoms with Gasteiger partial charge in [-0.2, -0.15) is 0 Å².